The van der Waals surface area contributed by atoms with Crippen molar-refractivity contribution < 1.29 is 9.32 Å². The number of amides is 1. The number of aromatic nitrogens is 3. The van der Waals surface area contributed by atoms with Gasteiger partial charge in [0, 0.05) is 18.7 Å². The molecule has 0 aromatic carbocycles. The number of likely N-dealkylation sites (tertiary alicyclic amines) is 1. The monoisotopic (exact) mass is 343 g/mol. The molecule has 0 unspecified atom stereocenters. The summed E-state index contributed by atoms with van der Waals surface area (Å²) >= 11 is 0. The molecule has 7 nitrogen and oxygen atoms in total. The lowest BCUT2D eigenvalue weighted by atomic mass is 10.0. The van der Waals surface area contributed by atoms with Crippen LogP contribution in [0.1, 0.15) is 54.7 Å². The van der Waals surface area contributed by atoms with E-state index in [1.54, 1.807) is 0 Å². The molecule has 0 saturated carbocycles. The molecule has 25 heavy (non-hydrogen) atoms. The molecule has 2 aromatic heterocycles. The fourth-order valence-corrected chi connectivity index (χ4v) is 3.52. The molecule has 3 heterocycles. The Balaban J connectivity index is 1.94. The van der Waals surface area contributed by atoms with Crippen LogP contribution in [0.3, 0.4) is 0 Å². The minimum absolute atomic E-state index is 0.118. The van der Waals surface area contributed by atoms with Gasteiger partial charge in [-0.3, -0.25) is 9.69 Å². The van der Waals surface area contributed by atoms with Crippen LogP contribution in [0.25, 0.3) is 11.3 Å². The topological polar surface area (TPSA) is 98.1 Å². The second kappa shape index (κ2) is 7.31. The Kier molecular flexibility index (Phi) is 5.13. The zero-order valence-corrected chi connectivity index (χ0v) is 15.1. The molecule has 0 spiro atoms. The van der Waals surface area contributed by atoms with Crippen molar-refractivity contribution in [2.75, 3.05) is 13.1 Å². The van der Waals surface area contributed by atoms with Crippen molar-refractivity contribution in [3.05, 3.63) is 29.0 Å². The van der Waals surface area contributed by atoms with E-state index in [2.05, 4.69) is 15.0 Å². The number of nitrogens with two attached hydrogens (primary N) is 1. The van der Waals surface area contributed by atoms with Gasteiger partial charge in [-0.25, -0.2) is 9.97 Å². The summed E-state index contributed by atoms with van der Waals surface area (Å²) in [5.41, 5.74) is 8.85. The van der Waals surface area contributed by atoms with Gasteiger partial charge in [0.25, 0.3) is 0 Å². The molecule has 7 heteroatoms. The summed E-state index contributed by atoms with van der Waals surface area (Å²) < 4.78 is 5.29. The smallest absolute Gasteiger partial charge is 0.218 e. The Morgan fingerprint density at radius 1 is 1.32 bits per heavy atom. The van der Waals surface area contributed by atoms with Crippen LogP contribution in [0, 0.1) is 20.8 Å². The average Bonchev–Trinajstić information content (AvgIpc) is 2.91. The minimum atomic E-state index is -0.272. The number of carbonyl (C=O) groups excluding carboxylic acids is 1. The highest BCUT2D eigenvalue weighted by atomic mass is 16.5. The summed E-state index contributed by atoms with van der Waals surface area (Å²) in [6.07, 6.45) is 3.61. The van der Waals surface area contributed by atoms with Crippen LogP contribution < -0.4 is 5.73 Å². The van der Waals surface area contributed by atoms with Crippen molar-refractivity contribution in [1.82, 2.24) is 20.0 Å². The molecule has 2 aromatic rings. The molecule has 1 fully saturated rings. The zero-order chi connectivity index (χ0) is 18.0. The molecule has 1 saturated heterocycles. The largest absolute Gasteiger partial charge is 0.370 e. The third kappa shape index (κ3) is 3.87. The predicted molar refractivity (Wildman–Crippen MR) is 93.7 cm³/mol. The van der Waals surface area contributed by atoms with Gasteiger partial charge < -0.3 is 10.3 Å². The Labute approximate surface area is 147 Å². The van der Waals surface area contributed by atoms with E-state index in [-0.39, 0.29) is 11.9 Å². The highest BCUT2D eigenvalue weighted by Gasteiger charge is 2.27. The van der Waals surface area contributed by atoms with Gasteiger partial charge >= 0.3 is 0 Å². The van der Waals surface area contributed by atoms with Crippen LogP contribution in [0.2, 0.25) is 0 Å². The van der Waals surface area contributed by atoms with Gasteiger partial charge in [0.15, 0.2) is 0 Å². The van der Waals surface area contributed by atoms with Gasteiger partial charge in [-0.2, -0.15) is 0 Å². The fraction of sp³-hybridized carbons (Fsp3) is 0.556. The highest BCUT2D eigenvalue weighted by molar-refractivity contribution is 5.73. The number of aryl methyl sites for hydroxylation is 3. The van der Waals surface area contributed by atoms with Crippen molar-refractivity contribution in [3.8, 4) is 11.3 Å². The molecule has 0 bridgehead atoms. The van der Waals surface area contributed by atoms with Crippen LogP contribution in [-0.4, -0.2) is 39.0 Å². The summed E-state index contributed by atoms with van der Waals surface area (Å²) in [5, 5.41) is 4.03. The molecule has 1 atom stereocenters. The maximum Gasteiger partial charge on any atom is 0.218 e. The maximum absolute atomic E-state index is 11.2. The van der Waals surface area contributed by atoms with E-state index in [0.717, 1.165) is 60.0 Å². The molecule has 3 rings (SSSR count). The van der Waals surface area contributed by atoms with E-state index >= 15 is 0 Å². The normalized spacial score (nSPS) is 18.4. The molecule has 0 aliphatic carbocycles. The van der Waals surface area contributed by atoms with Crippen LogP contribution in [-0.2, 0) is 4.79 Å². The Hall–Kier alpha value is -2.28. The first kappa shape index (κ1) is 17.5. The van der Waals surface area contributed by atoms with Gasteiger partial charge in [0.05, 0.1) is 23.0 Å². The quantitative estimate of drug-likeness (QED) is 0.895. The number of nitrogens with zero attached hydrogens (tertiary/aromatic N) is 4. The first-order valence-corrected chi connectivity index (χ1v) is 8.77. The zero-order valence-electron chi connectivity index (χ0n) is 15.1. The molecule has 1 aliphatic heterocycles. The Morgan fingerprint density at radius 3 is 2.80 bits per heavy atom. The summed E-state index contributed by atoms with van der Waals surface area (Å²) in [6.45, 7) is 7.38. The van der Waals surface area contributed by atoms with Gasteiger partial charge in [-0.05, 0) is 46.2 Å². The van der Waals surface area contributed by atoms with Crippen LogP contribution in [0.5, 0.6) is 0 Å². The SMILES string of the molecule is Cc1cc(-c2c(C)noc2C)nc([C@H]2CCCCN2CCC(N)=O)n1. The number of piperidine rings is 1. The summed E-state index contributed by atoms with van der Waals surface area (Å²) in [6, 6.07) is 2.08. The van der Waals surface area contributed by atoms with Crippen molar-refractivity contribution in [2.45, 2.75) is 52.5 Å². The first-order valence-electron chi connectivity index (χ1n) is 8.77. The first-order chi connectivity index (χ1) is 12.0. The van der Waals surface area contributed by atoms with Crippen molar-refractivity contribution >= 4 is 5.91 Å². The van der Waals surface area contributed by atoms with E-state index in [1.807, 2.05) is 26.8 Å². The van der Waals surface area contributed by atoms with Crippen molar-refractivity contribution in [3.63, 3.8) is 0 Å². The highest BCUT2D eigenvalue weighted by Crippen LogP contribution is 2.32. The molecule has 134 valence electrons. The fourth-order valence-electron chi connectivity index (χ4n) is 3.52. The van der Waals surface area contributed by atoms with Crippen LogP contribution in [0.4, 0.5) is 0 Å². The Morgan fingerprint density at radius 2 is 2.12 bits per heavy atom. The van der Waals surface area contributed by atoms with Crippen LogP contribution >= 0.6 is 0 Å². The summed E-state index contributed by atoms with van der Waals surface area (Å²) in [4.78, 5) is 23.0. The third-order valence-electron chi connectivity index (χ3n) is 4.72. The number of hydrogen-bond donors (Lipinski definition) is 1. The average molecular weight is 343 g/mol. The van der Waals surface area contributed by atoms with E-state index in [0.29, 0.717) is 13.0 Å². The number of carbonyl (C=O) groups is 1. The molecule has 1 aliphatic rings. The molecular formula is C18H25N5O2. The molecule has 2 N–H and O–H groups in total. The van der Waals surface area contributed by atoms with Gasteiger partial charge in [0.2, 0.25) is 5.91 Å². The minimum Gasteiger partial charge on any atom is -0.370 e. The van der Waals surface area contributed by atoms with E-state index in [1.165, 1.54) is 0 Å². The number of rotatable bonds is 5. The van der Waals surface area contributed by atoms with Gasteiger partial charge in [0.1, 0.15) is 11.6 Å². The molecular weight excluding hydrogens is 318 g/mol. The lowest BCUT2D eigenvalue weighted by Gasteiger charge is -2.34. The van der Waals surface area contributed by atoms with Crippen LogP contribution in [0.15, 0.2) is 10.6 Å². The third-order valence-corrected chi connectivity index (χ3v) is 4.72. The maximum atomic E-state index is 11.2. The second-order valence-electron chi connectivity index (χ2n) is 6.72. The summed E-state index contributed by atoms with van der Waals surface area (Å²) in [7, 11) is 0. The molecule has 0 radical (unpaired) electrons. The standard InChI is InChI=1S/C18H25N5O2/c1-11-10-14(17-12(2)22-25-13(17)3)21-18(20-11)15-6-4-5-8-23(15)9-7-16(19)24/h10,15H,4-9H2,1-3H3,(H2,19,24)/t15-/m1/s1. The second-order valence-corrected chi connectivity index (χ2v) is 6.72. The lowest BCUT2D eigenvalue weighted by molar-refractivity contribution is -0.118. The summed E-state index contributed by atoms with van der Waals surface area (Å²) in [5.74, 6) is 1.29. The van der Waals surface area contributed by atoms with E-state index in [9.17, 15) is 4.79 Å². The van der Waals surface area contributed by atoms with Crippen molar-refractivity contribution in [1.29, 1.82) is 0 Å². The van der Waals surface area contributed by atoms with E-state index < -0.39 is 0 Å². The van der Waals surface area contributed by atoms with Crippen molar-refractivity contribution in [2.24, 2.45) is 5.73 Å². The predicted octanol–water partition coefficient (Wildman–Crippen LogP) is 2.46. The molecule has 1 amide bonds. The number of hydrogen-bond acceptors (Lipinski definition) is 6. The van der Waals surface area contributed by atoms with Gasteiger partial charge in [-0.15, -0.1) is 0 Å². The Bertz CT molecular complexity index is 751. The van der Waals surface area contributed by atoms with E-state index in [4.69, 9.17) is 15.2 Å². The lowest BCUT2D eigenvalue weighted by Crippen LogP contribution is -2.36. The van der Waals surface area contributed by atoms with Gasteiger partial charge in [-0.1, -0.05) is 11.6 Å². The number of primary amides is 1.